The van der Waals surface area contributed by atoms with Gasteiger partial charge in [0.05, 0.1) is 0 Å². The second-order valence-electron chi connectivity index (χ2n) is 1.64. The quantitative estimate of drug-likeness (QED) is 0.394. The molecule has 0 aliphatic carbocycles. The van der Waals surface area contributed by atoms with Crippen LogP contribution < -0.4 is 17.2 Å². The van der Waals surface area contributed by atoms with Gasteiger partial charge in [-0.25, -0.2) is 9.59 Å². The van der Waals surface area contributed by atoms with Crippen molar-refractivity contribution < 1.29 is 9.59 Å². The van der Waals surface area contributed by atoms with Crippen molar-refractivity contribution >= 4 is 12.1 Å². The Morgan fingerprint density at radius 1 is 1.10 bits per heavy atom. The van der Waals surface area contributed by atoms with Crippen LogP contribution in [0, 0.1) is 0 Å². The van der Waals surface area contributed by atoms with Gasteiger partial charge in [0, 0.05) is 14.1 Å². The SMILES string of the molecule is CN(C)C(N)=O.NC(N)=O. The number of nitrogens with two attached hydrogens (primary N) is 3. The average Bonchev–Trinajstić information content (AvgIpc) is 1.63. The zero-order chi connectivity index (χ0) is 8.73. The number of hydrogen-bond donors (Lipinski definition) is 3. The lowest BCUT2D eigenvalue weighted by Gasteiger charge is -2.01. The molecule has 0 saturated heterocycles. The van der Waals surface area contributed by atoms with Gasteiger partial charge < -0.3 is 22.1 Å². The summed E-state index contributed by atoms with van der Waals surface area (Å²) in [5, 5.41) is 0. The standard InChI is InChI=1S/C3H8N2O.CH4N2O/c1-5(2)3(4)6;2-1(3)4/h1-2H3,(H2,4,6);(H4,2,3,4). The normalized spacial score (nSPS) is 7.00. The molecule has 0 bridgehead atoms. The predicted octanol–water partition coefficient (Wildman–Crippen LogP) is -1.35. The van der Waals surface area contributed by atoms with Gasteiger partial charge in [0.25, 0.3) is 0 Å². The van der Waals surface area contributed by atoms with E-state index in [1.807, 2.05) is 0 Å². The zero-order valence-electron chi connectivity index (χ0n) is 6.00. The van der Waals surface area contributed by atoms with Crippen LogP contribution in [-0.4, -0.2) is 31.1 Å². The van der Waals surface area contributed by atoms with Crippen LogP contribution in [0.15, 0.2) is 0 Å². The molecule has 60 valence electrons. The average molecular weight is 148 g/mol. The first-order chi connectivity index (χ1) is 4.37. The summed E-state index contributed by atoms with van der Waals surface area (Å²) in [7, 11) is 3.20. The number of rotatable bonds is 0. The van der Waals surface area contributed by atoms with Crippen LogP contribution in [-0.2, 0) is 0 Å². The number of carbonyl (C=O) groups is 2. The van der Waals surface area contributed by atoms with Crippen molar-refractivity contribution in [3.05, 3.63) is 0 Å². The molecule has 6 N–H and O–H groups in total. The van der Waals surface area contributed by atoms with Gasteiger partial charge in [-0.15, -0.1) is 0 Å². The maximum atomic E-state index is 9.85. The van der Waals surface area contributed by atoms with E-state index in [2.05, 4.69) is 11.5 Å². The van der Waals surface area contributed by atoms with Gasteiger partial charge in [-0.05, 0) is 0 Å². The van der Waals surface area contributed by atoms with Crippen LogP contribution >= 0.6 is 0 Å². The number of carbonyl (C=O) groups excluding carboxylic acids is 2. The Kier molecular flexibility index (Phi) is 6.44. The molecule has 0 spiro atoms. The number of hydrogen-bond acceptors (Lipinski definition) is 2. The molecular formula is C4H12N4O2. The molecule has 0 radical (unpaired) electrons. The topological polar surface area (TPSA) is 115 Å². The second kappa shape index (κ2) is 5.67. The molecule has 0 atom stereocenters. The molecule has 0 heterocycles. The maximum Gasteiger partial charge on any atom is 0.314 e. The van der Waals surface area contributed by atoms with E-state index >= 15 is 0 Å². The molecule has 0 aromatic carbocycles. The van der Waals surface area contributed by atoms with E-state index in [-0.39, 0.29) is 0 Å². The van der Waals surface area contributed by atoms with Crippen LogP contribution in [0.1, 0.15) is 0 Å². The fourth-order valence-electron chi connectivity index (χ4n) is 0. The maximum absolute atomic E-state index is 9.85. The lowest BCUT2D eigenvalue weighted by Crippen LogP contribution is -2.27. The highest BCUT2D eigenvalue weighted by Gasteiger charge is 1.88. The van der Waals surface area contributed by atoms with Crippen molar-refractivity contribution in [2.75, 3.05) is 14.1 Å². The number of urea groups is 2. The van der Waals surface area contributed by atoms with Gasteiger partial charge in [0.2, 0.25) is 0 Å². The fraction of sp³-hybridized carbons (Fsp3) is 0.500. The molecule has 4 amide bonds. The third-order valence-corrected chi connectivity index (χ3v) is 0.441. The smallest absolute Gasteiger partial charge is 0.314 e. The molecular weight excluding hydrogens is 136 g/mol. The van der Waals surface area contributed by atoms with E-state index in [0.29, 0.717) is 0 Å². The molecule has 6 nitrogen and oxygen atoms in total. The van der Waals surface area contributed by atoms with Crippen LogP contribution in [0.25, 0.3) is 0 Å². The van der Waals surface area contributed by atoms with E-state index in [9.17, 15) is 4.79 Å². The molecule has 0 fully saturated rings. The summed E-state index contributed by atoms with van der Waals surface area (Å²) in [5.74, 6) is 0. The number of primary amides is 3. The number of nitrogens with zero attached hydrogens (tertiary/aromatic N) is 1. The first kappa shape index (κ1) is 11.4. The molecule has 10 heavy (non-hydrogen) atoms. The molecule has 0 saturated carbocycles. The second-order valence-corrected chi connectivity index (χ2v) is 1.64. The van der Waals surface area contributed by atoms with E-state index < -0.39 is 12.1 Å². The van der Waals surface area contributed by atoms with Crippen LogP contribution in [0.2, 0.25) is 0 Å². The lowest BCUT2D eigenvalue weighted by atomic mass is 10.9. The van der Waals surface area contributed by atoms with E-state index in [4.69, 9.17) is 10.5 Å². The van der Waals surface area contributed by atoms with Gasteiger partial charge >= 0.3 is 12.1 Å². The van der Waals surface area contributed by atoms with E-state index in [1.54, 1.807) is 14.1 Å². The summed E-state index contributed by atoms with van der Waals surface area (Å²) in [6.07, 6.45) is 0. The van der Waals surface area contributed by atoms with Crippen molar-refractivity contribution in [2.24, 2.45) is 17.2 Å². The van der Waals surface area contributed by atoms with Gasteiger partial charge in [-0.2, -0.15) is 0 Å². The Labute approximate surface area is 58.9 Å². The molecule has 0 aromatic rings. The van der Waals surface area contributed by atoms with Crippen molar-refractivity contribution in [2.45, 2.75) is 0 Å². The van der Waals surface area contributed by atoms with Gasteiger partial charge in [-0.1, -0.05) is 0 Å². The number of amides is 4. The molecule has 0 rings (SSSR count). The molecule has 0 aliphatic rings. The summed E-state index contributed by atoms with van der Waals surface area (Å²) >= 11 is 0. The lowest BCUT2D eigenvalue weighted by molar-refractivity contribution is 0.227. The monoisotopic (exact) mass is 148 g/mol. The molecule has 0 aliphatic heterocycles. The van der Waals surface area contributed by atoms with Crippen molar-refractivity contribution in [3.63, 3.8) is 0 Å². The molecule has 0 aromatic heterocycles. The Morgan fingerprint density at radius 2 is 1.20 bits per heavy atom. The van der Waals surface area contributed by atoms with Crippen molar-refractivity contribution in [1.82, 2.24) is 4.90 Å². The van der Waals surface area contributed by atoms with Crippen molar-refractivity contribution in [1.29, 1.82) is 0 Å². The largest absolute Gasteiger partial charge is 0.352 e. The minimum absolute atomic E-state index is 0.407. The third-order valence-electron chi connectivity index (χ3n) is 0.441. The highest BCUT2D eigenvalue weighted by atomic mass is 16.2. The van der Waals surface area contributed by atoms with E-state index in [1.165, 1.54) is 4.90 Å². The summed E-state index contributed by atoms with van der Waals surface area (Å²) in [4.78, 5) is 20.2. The van der Waals surface area contributed by atoms with Gasteiger partial charge in [-0.3, -0.25) is 0 Å². The minimum Gasteiger partial charge on any atom is -0.352 e. The van der Waals surface area contributed by atoms with Crippen molar-refractivity contribution in [3.8, 4) is 0 Å². The van der Waals surface area contributed by atoms with Crippen LogP contribution in [0.3, 0.4) is 0 Å². The Bertz CT molecular complexity index is 118. The fourth-order valence-corrected chi connectivity index (χ4v) is 0. The predicted molar refractivity (Wildman–Crippen MR) is 37.0 cm³/mol. The Balaban J connectivity index is 0. The van der Waals surface area contributed by atoms with Gasteiger partial charge in [0.15, 0.2) is 0 Å². The van der Waals surface area contributed by atoms with Gasteiger partial charge in [0.1, 0.15) is 0 Å². The zero-order valence-corrected chi connectivity index (χ0v) is 6.00. The summed E-state index contributed by atoms with van der Waals surface area (Å²) in [6.45, 7) is 0. The van der Waals surface area contributed by atoms with Crippen LogP contribution in [0.4, 0.5) is 9.59 Å². The summed E-state index contributed by atoms with van der Waals surface area (Å²) in [6, 6.07) is -1.24. The Morgan fingerprint density at radius 3 is 1.20 bits per heavy atom. The highest BCUT2D eigenvalue weighted by Crippen LogP contribution is 1.65. The molecule has 6 heteroatoms. The highest BCUT2D eigenvalue weighted by molar-refractivity contribution is 5.71. The summed E-state index contributed by atoms with van der Waals surface area (Å²) in [5.41, 5.74) is 13.2. The minimum atomic E-state index is -0.833. The summed E-state index contributed by atoms with van der Waals surface area (Å²) < 4.78 is 0. The van der Waals surface area contributed by atoms with E-state index in [0.717, 1.165) is 0 Å². The molecule has 0 unspecified atom stereocenters. The Hall–Kier alpha value is -1.46. The van der Waals surface area contributed by atoms with Crippen LogP contribution in [0.5, 0.6) is 0 Å². The third kappa shape index (κ3) is 31.1. The first-order valence-corrected chi connectivity index (χ1v) is 2.39. The first-order valence-electron chi connectivity index (χ1n) is 2.39.